The van der Waals surface area contributed by atoms with Crippen LogP contribution in [0.2, 0.25) is 0 Å². The van der Waals surface area contributed by atoms with Crippen molar-refractivity contribution in [1.82, 2.24) is 19.9 Å². The standard InChI is InChI=1S/C18H24N4O/c23-18(14-22-10-8-19-20-22)7-2-9-21(13-18)12-15-5-6-16-3-1-4-17(16)11-15/h5-6,8,10-11,23H,1-4,7,9,12-14H2. The predicted octanol–water partition coefficient (Wildman–Crippen LogP) is 1.79. The average Bonchev–Trinajstić information content (AvgIpc) is 3.17. The molecule has 1 atom stereocenters. The van der Waals surface area contributed by atoms with Crippen LogP contribution in [0.25, 0.3) is 0 Å². The summed E-state index contributed by atoms with van der Waals surface area (Å²) in [4.78, 5) is 2.37. The summed E-state index contributed by atoms with van der Waals surface area (Å²) in [5, 5.41) is 18.7. The molecule has 1 unspecified atom stereocenters. The van der Waals surface area contributed by atoms with E-state index < -0.39 is 5.60 Å². The summed E-state index contributed by atoms with van der Waals surface area (Å²) in [5.41, 5.74) is 3.71. The first-order chi connectivity index (χ1) is 11.2. The van der Waals surface area contributed by atoms with Crippen molar-refractivity contribution < 1.29 is 5.11 Å². The van der Waals surface area contributed by atoms with Crippen LogP contribution in [0.15, 0.2) is 30.6 Å². The van der Waals surface area contributed by atoms with Crippen LogP contribution < -0.4 is 0 Å². The Labute approximate surface area is 136 Å². The molecule has 1 aromatic carbocycles. The molecular formula is C18H24N4O. The Morgan fingerprint density at radius 1 is 1.17 bits per heavy atom. The van der Waals surface area contributed by atoms with Gasteiger partial charge in [0, 0.05) is 19.3 Å². The lowest BCUT2D eigenvalue weighted by Gasteiger charge is -2.39. The van der Waals surface area contributed by atoms with Gasteiger partial charge in [-0.05, 0) is 55.3 Å². The molecule has 4 rings (SSSR count). The van der Waals surface area contributed by atoms with Crippen LogP contribution in [0.5, 0.6) is 0 Å². The van der Waals surface area contributed by atoms with E-state index >= 15 is 0 Å². The van der Waals surface area contributed by atoms with Gasteiger partial charge in [0.05, 0.1) is 18.3 Å². The summed E-state index contributed by atoms with van der Waals surface area (Å²) in [6.07, 6.45) is 9.08. The van der Waals surface area contributed by atoms with E-state index in [2.05, 4.69) is 33.4 Å². The monoisotopic (exact) mass is 312 g/mol. The third-order valence-corrected chi connectivity index (χ3v) is 5.13. The Kier molecular flexibility index (Phi) is 3.91. The summed E-state index contributed by atoms with van der Waals surface area (Å²) in [6.45, 7) is 3.20. The van der Waals surface area contributed by atoms with Gasteiger partial charge < -0.3 is 5.11 Å². The number of rotatable bonds is 4. The van der Waals surface area contributed by atoms with Gasteiger partial charge in [0.2, 0.25) is 0 Å². The predicted molar refractivity (Wildman–Crippen MR) is 87.9 cm³/mol. The summed E-state index contributed by atoms with van der Waals surface area (Å²) in [7, 11) is 0. The topological polar surface area (TPSA) is 54.2 Å². The first-order valence-electron chi connectivity index (χ1n) is 8.60. The molecule has 0 radical (unpaired) electrons. The molecule has 1 saturated heterocycles. The minimum absolute atomic E-state index is 0.522. The van der Waals surface area contributed by atoms with Gasteiger partial charge in [0.25, 0.3) is 0 Å². The van der Waals surface area contributed by atoms with Gasteiger partial charge in [-0.3, -0.25) is 4.90 Å². The van der Waals surface area contributed by atoms with E-state index in [4.69, 9.17) is 0 Å². The lowest BCUT2D eigenvalue weighted by molar-refractivity contribution is -0.0478. The number of aryl methyl sites for hydroxylation is 2. The highest BCUT2D eigenvalue weighted by Crippen LogP contribution is 2.26. The molecule has 5 nitrogen and oxygen atoms in total. The van der Waals surface area contributed by atoms with Crippen molar-refractivity contribution in [1.29, 1.82) is 0 Å². The van der Waals surface area contributed by atoms with Crippen molar-refractivity contribution in [2.45, 2.75) is 50.8 Å². The quantitative estimate of drug-likeness (QED) is 0.935. The number of likely N-dealkylation sites (tertiary alicyclic amines) is 1. The fraction of sp³-hybridized carbons (Fsp3) is 0.556. The maximum absolute atomic E-state index is 10.9. The first-order valence-corrected chi connectivity index (χ1v) is 8.60. The van der Waals surface area contributed by atoms with Crippen LogP contribution >= 0.6 is 0 Å². The van der Waals surface area contributed by atoms with E-state index in [1.54, 1.807) is 10.9 Å². The normalized spacial score (nSPS) is 24.7. The highest BCUT2D eigenvalue weighted by Gasteiger charge is 2.34. The number of aliphatic hydroxyl groups is 1. The molecule has 23 heavy (non-hydrogen) atoms. The number of hydrogen-bond acceptors (Lipinski definition) is 4. The van der Waals surface area contributed by atoms with E-state index in [-0.39, 0.29) is 0 Å². The first kappa shape index (κ1) is 14.8. The Balaban J connectivity index is 1.43. The number of hydrogen-bond donors (Lipinski definition) is 1. The molecule has 0 bridgehead atoms. The SMILES string of the molecule is OC1(Cn2ccnn2)CCCN(Cc2ccc3c(c2)CCC3)C1. The zero-order chi connectivity index (χ0) is 15.7. The molecular weight excluding hydrogens is 288 g/mol. The van der Waals surface area contributed by atoms with Gasteiger partial charge in [0.1, 0.15) is 0 Å². The summed E-state index contributed by atoms with van der Waals surface area (Å²) >= 11 is 0. The maximum atomic E-state index is 10.9. The third-order valence-electron chi connectivity index (χ3n) is 5.13. The van der Waals surface area contributed by atoms with Gasteiger partial charge in [-0.25, -0.2) is 4.68 Å². The lowest BCUT2D eigenvalue weighted by Crippen LogP contribution is -2.50. The second-order valence-corrected chi connectivity index (χ2v) is 7.10. The molecule has 5 heteroatoms. The average molecular weight is 312 g/mol. The van der Waals surface area contributed by atoms with Crippen LogP contribution in [-0.4, -0.2) is 43.7 Å². The van der Waals surface area contributed by atoms with Crippen LogP contribution in [-0.2, 0) is 25.9 Å². The van der Waals surface area contributed by atoms with Gasteiger partial charge >= 0.3 is 0 Å². The summed E-state index contributed by atoms with van der Waals surface area (Å²) in [5.74, 6) is 0. The Hall–Kier alpha value is -1.72. The van der Waals surface area contributed by atoms with Gasteiger partial charge in [0.15, 0.2) is 0 Å². The maximum Gasteiger partial charge on any atom is 0.0970 e. The number of benzene rings is 1. The second kappa shape index (κ2) is 6.06. The van der Waals surface area contributed by atoms with Gasteiger partial charge in [-0.15, -0.1) is 5.10 Å². The molecule has 1 fully saturated rings. The van der Waals surface area contributed by atoms with Crippen molar-refractivity contribution in [3.8, 4) is 0 Å². The zero-order valence-electron chi connectivity index (χ0n) is 13.5. The number of β-amino-alcohol motifs (C(OH)–C–C–N with tert-alkyl or cyclic N) is 1. The molecule has 1 N–H and O–H groups in total. The van der Waals surface area contributed by atoms with Crippen LogP contribution in [0.4, 0.5) is 0 Å². The molecule has 0 spiro atoms. The van der Waals surface area contributed by atoms with Gasteiger partial charge in [-0.1, -0.05) is 23.4 Å². The molecule has 0 amide bonds. The number of piperidine rings is 1. The molecule has 2 aromatic rings. The molecule has 122 valence electrons. The fourth-order valence-electron chi connectivity index (χ4n) is 4.07. The highest BCUT2D eigenvalue weighted by atomic mass is 16.3. The number of aromatic nitrogens is 3. The second-order valence-electron chi connectivity index (χ2n) is 7.10. The van der Waals surface area contributed by atoms with Crippen molar-refractivity contribution in [3.05, 3.63) is 47.3 Å². The Bertz CT molecular complexity index is 670. The third kappa shape index (κ3) is 3.31. The van der Waals surface area contributed by atoms with E-state index in [1.807, 2.05) is 6.20 Å². The van der Waals surface area contributed by atoms with Gasteiger partial charge in [-0.2, -0.15) is 0 Å². The van der Waals surface area contributed by atoms with Crippen LogP contribution in [0.1, 0.15) is 36.0 Å². The lowest BCUT2D eigenvalue weighted by atomic mass is 9.92. The largest absolute Gasteiger partial charge is 0.387 e. The molecule has 2 heterocycles. The Morgan fingerprint density at radius 2 is 2.09 bits per heavy atom. The van der Waals surface area contributed by atoms with Crippen LogP contribution in [0.3, 0.4) is 0 Å². The summed E-state index contributed by atoms with van der Waals surface area (Å²) in [6, 6.07) is 6.92. The zero-order valence-corrected chi connectivity index (χ0v) is 13.5. The van der Waals surface area contributed by atoms with Crippen molar-refractivity contribution in [3.63, 3.8) is 0 Å². The molecule has 1 aliphatic carbocycles. The minimum Gasteiger partial charge on any atom is -0.387 e. The van der Waals surface area contributed by atoms with Crippen molar-refractivity contribution >= 4 is 0 Å². The van der Waals surface area contributed by atoms with E-state index in [0.29, 0.717) is 13.1 Å². The molecule has 0 saturated carbocycles. The molecule has 1 aromatic heterocycles. The Morgan fingerprint density at radius 3 is 2.96 bits per heavy atom. The van der Waals surface area contributed by atoms with E-state index in [1.165, 1.54) is 36.0 Å². The molecule has 1 aliphatic heterocycles. The van der Waals surface area contributed by atoms with Crippen molar-refractivity contribution in [2.75, 3.05) is 13.1 Å². The summed E-state index contributed by atoms with van der Waals surface area (Å²) < 4.78 is 1.74. The van der Waals surface area contributed by atoms with Crippen LogP contribution in [0, 0.1) is 0 Å². The molecule has 2 aliphatic rings. The number of nitrogens with zero attached hydrogens (tertiary/aromatic N) is 4. The van der Waals surface area contributed by atoms with Crippen molar-refractivity contribution in [2.24, 2.45) is 0 Å². The number of fused-ring (bicyclic) bond motifs is 1. The van der Waals surface area contributed by atoms with E-state index in [9.17, 15) is 5.11 Å². The van der Waals surface area contributed by atoms with E-state index in [0.717, 1.165) is 25.9 Å². The highest BCUT2D eigenvalue weighted by molar-refractivity contribution is 5.35. The minimum atomic E-state index is -0.706. The smallest absolute Gasteiger partial charge is 0.0970 e. The fourth-order valence-corrected chi connectivity index (χ4v) is 4.07.